The maximum absolute atomic E-state index is 13.5. The first-order chi connectivity index (χ1) is 20.1. The predicted octanol–water partition coefficient (Wildman–Crippen LogP) is 3.94. The third kappa shape index (κ3) is 7.04. The zero-order valence-electron chi connectivity index (χ0n) is 23.4. The van der Waals surface area contributed by atoms with Crippen molar-refractivity contribution < 1.29 is 37.0 Å². The van der Waals surface area contributed by atoms with E-state index in [0.717, 1.165) is 31.8 Å². The van der Waals surface area contributed by atoms with Gasteiger partial charge in [-0.1, -0.05) is 6.07 Å². The molecule has 5 rings (SSSR count). The summed E-state index contributed by atoms with van der Waals surface area (Å²) in [5, 5.41) is 5.55. The lowest BCUT2D eigenvalue weighted by Crippen LogP contribution is -2.54. The van der Waals surface area contributed by atoms with Crippen LogP contribution in [0.1, 0.15) is 58.4 Å². The van der Waals surface area contributed by atoms with Crippen molar-refractivity contribution in [2.24, 2.45) is 0 Å². The molecule has 2 fully saturated rings. The summed E-state index contributed by atoms with van der Waals surface area (Å²) in [7, 11) is 1.68. The molecule has 3 aliphatic heterocycles. The Kier molecular flexibility index (Phi) is 9.02. The highest BCUT2D eigenvalue weighted by atomic mass is 19.4. The summed E-state index contributed by atoms with van der Waals surface area (Å²) in [4.78, 5) is 42.6. The van der Waals surface area contributed by atoms with Gasteiger partial charge in [0.15, 0.2) is 0 Å². The van der Waals surface area contributed by atoms with Gasteiger partial charge in [0.25, 0.3) is 11.8 Å². The van der Waals surface area contributed by atoms with Gasteiger partial charge in [-0.15, -0.1) is 0 Å². The Morgan fingerprint density at radius 1 is 1.07 bits per heavy atom. The highest BCUT2D eigenvalue weighted by Gasteiger charge is 2.39. The number of anilines is 1. The molecular weight excluding hydrogens is 553 g/mol. The molecule has 226 valence electrons. The fourth-order valence-corrected chi connectivity index (χ4v) is 5.78. The Labute approximate surface area is 242 Å². The molecule has 3 aliphatic rings. The summed E-state index contributed by atoms with van der Waals surface area (Å²) in [5.74, 6) is -0.830. The van der Waals surface area contributed by atoms with Crippen LogP contribution in [0.3, 0.4) is 0 Å². The first-order valence-electron chi connectivity index (χ1n) is 14.3. The molecule has 0 saturated carbocycles. The first kappa shape index (κ1) is 29.8. The largest absolute Gasteiger partial charge is 0.490 e. The fraction of sp³-hybridized carbons (Fsp3) is 0.500. The first-order valence-corrected chi connectivity index (χ1v) is 14.3. The van der Waals surface area contributed by atoms with Crippen molar-refractivity contribution in [3.05, 3.63) is 59.2 Å². The smallest absolute Gasteiger partial charge is 0.416 e. The van der Waals surface area contributed by atoms with E-state index >= 15 is 0 Å². The van der Waals surface area contributed by atoms with Crippen molar-refractivity contribution in [1.29, 1.82) is 0 Å². The number of likely N-dealkylation sites (tertiary alicyclic amines) is 1. The summed E-state index contributed by atoms with van der Waals surface area (Å²) in [6.07, 6.45) is -1.39. The minimum atomic E-state index is -4.58. The van der Waals surface area contributed by atoms with Crippen LogP contribution in [0.25, 0.3) is 0 Å². The molecule has 42 heavy (non-hydrogen) atoms. The van der Waals surface area contributed by atoms with Gasteiger partial charge >= 0.3 is 6.18 Å². The van der Waals surface area contributed by atoms with Crippen molar-refractivity contribution in [2.45, 2.75) is 56.5 Å². The van der Waals surface area contributed by atoms with E-state index in [1.54, 1.807) is 11.9 Å². The molecule has 0 spiro atoms. The van der Waals surface area contributed by atoms with Gasteiger partial charge in [0, 0.05) is 31.4 Å². The number of nitrogens with one attached hydrogen (secondary N) is 2. The van der Waals surface area contributed by atoms with Gasteiger partial charge in [0.05, 0.1) is 29.7 Å². The number of ether oxygens (including phenoxy) is 2. The zero-order valence-corrected chi connectivity index (χ0v) is 23.4. The van der Waals surface area contributed by atoms with Gasteiger partial charge in [-0.3, -0.25) is 14.4 Å². The number of alkyl halides is 3. The third-order valence-corrected chi connectivity index (χ3v) is 8.08. The average Bonchev–Trinajstić information content (AvgIpc) is 3.48. The molecule has 0 radical (unpaired) electrons. The maximum atomic E-state index is 13.5. The third-order valence-electron chi connectivity index (χ3n) is 8.08. The molecule has 2 aromatic rings. The highest BCUT2D eigenvalue weighted by molar-refractivity contribution is 6.05. The molecule has 3 amide bonds. The van der Waals surface area contributed by atoms with Gasteiger partial charge in [0.2, 0.25) is 5.91 Å². The fourth-order valence-electron chi connectivity index (χ4n) is 5.78. The molecule has 0 aromatic heterocycles. The van der Waals surface area contributed by atoms with Crippen molar-refractivity contribution >= 4 is 23.4 Å². The molecule has 12 heteroatoms. The van der Waals surface area contributed by atoms with Crippen molar-refractivity contribution in [3.8, 4) is 5.75 Å². The van der Waals surface area contributed by atoms with E-state index in [4.69, 9.17) is 9.47 Å². The summed E-state index contributed by atoms with van der Waals surface area (Å²) in [6, 6.07) is 8.37. The number of amides is 3. The molecule has 9 nitrogen and oxygen atoms in total. The Morgan fingerprint density at radius 2 is 1.86 bits per heavy atom. The second-order valence-electron chi connectivity index (χ2n) is 11.0. The Morgan fingerprint density at radius 3 is 2.62 bits per heavy atom. The number of benzene rings is 2. The second-order valence-corrected chi connectivity index (χ2v) is 11.0. The molecule has 3 heterocycles. The number of carbonyl (C=O) groups excluding carboxylic acids is 3. The Balaban J connectivity index is 1.20. The molecule has 3 atom stereocenters. The van der Waals surface area contributed by atoms with Crippen LogP contribution in [-0.2, 0) is 15.7 Å². The predicted molar refractivity (Wildman–Crippen MR) is 148 cm³/mol. The van der Waals surface area contributed by atoms with Crippen LogP contribution < -0.4 is 15.4 Å². The van der Waals surface area contributed by atoms with Crippen molar-refractivity contribution in [3.63, 3.8) is 0 Å². The van der Waals surface area contributed by atoms with E-state index in [1.807, 2.05) is 0 Å². The van der Waals surface area contributed by atoms with Gasteiger partial charge in [0.1, 0.15) is 18.5 Å². The second kappa shape index (κ2) is 12.7. The molecular formula is C30H35F3N4O5. The number of likely N-dealkylation sites (N-methyl/N-ethyl adjacent to an activating group) is 1. The van der Waals surface area contributed by atoms with Crippen LogP contribution in [0.4, 0.5) is 18.9 Å². The summed E-state index contributed by atoms with van der Waals surface area (Å²) in [5.41, 5.74) is -0.622. The van der Waals surface area contributed by atoms with Crippen LogP contribution in [-0.4, -0.2) is 85.6 Å². The molecule has 2 saturated heterocycles. The lowest BCUT2D eigenvalue weighted by molar-refractivity contribution is -0.137. The number of hydrogen-bond acceptors (Lipinski definition) is 6. The average molecular weight is 589 g/mol. The number of nitrogens with zero attached hydrogens (tertiary/aromatic N) is 2. The van der Waals surface area contributed by atoms with Gasteiger partial charge in [-0.05, 0) is 75.2 Å². The standard InChI is InChI=1S/C30H35F3N4O5/c1-36-24-9-8-22(17-27(38)34-11-14-37-12-2-3-13-37)42-26(24)18-41-25-10-7-21(16-23(25)29(36)40)35-28(39)19-5-4-6-20(15-19)30(31,32)33/h4-7,10,15-16,22,24,26H,2-3,8-9,11-14,17-18H2,1H3,(H,34,38)(H,35,39)/t22-,24-,26-/m1/s1. The van der Waals surface area contributed by atoms with E-state index < -0.39 is 23.8 Å². The monoisotopic (exact) mass is 588 g/mol. The molecule has 0 unspecified atom stereocenters. The van der Waals surface area contributed by atoms with Crippen LogP contribution in [0.5, 0.6) is 5.75 Å². The van der Waals surface area contributed by atoms with E-state index in [0.29, 0.717) is 25.1 Å². The van der Waals surface area contributed by atoms with Crippen LogP contribution in [0.15, 0.2) is 42.5 Å². The highest BCUT2D eigenvalue weighted by Crippen LogP contribution is 2.33. The van der Waals surface area contributed by atoms with Crippen molar-refractivity contribution in [2.75, 3.05) is 45.2 Å². The molecule has 0 aliphatic carbocycles. The van der Waals surface area contributed by atoms with E-state index in [2.05, 4.69) is 15.5 Å². The van der Waals surface area contributed by atoms with E-state index in [-0.39, 0.29) is 53.8 Å². The minimum Gasteiger partial charge on any atom is -0.490 e. The van der Waals surface area contributed by atoms with E-state index in [1.165, 1.54) is 43.2 Å². The molecule has 2 N–H and O–H groups in total. The van der Waals surface area contributed by atoms with Crippen LogP contribution in [0.2, 0.25) is 0 Å². The van der Waals surface area contributed by atoms with Crippen LogP contribution in [0, 0.1) is 0 Å². The number of fused-ring (bicyclic) bond motifs is 2. The van der Waals surface area contributed by atoms with E-state index in [9.17, 15) is 27.6 Å². The summed E-state index contributed by atoms with van der Waals surface area (Å²) < 4.78 is 51.4. The maximum Gasteiger partial charge on any atom is 0.416 e. The normalized spacial score (nSPS) is 22.8. The number of halogens is 3. The zero-order chi connectivity index (χ0) is 29.9. The van der Waals surface area contributed by atoms with Gasteiger partial charge in [-0.25, -0.2) is 0 Å². The minimum absolute atomic E-state index is 0.0566. The van der Waals surface area contributed by atoms with Crippen LogP contribution >= 0.6 is 0 Å². The molecule has 0 bridgehead atoms. The summed E-state index contributed by atoms with van der Waals surface area (Å²) >= 11 is 0. The number of hydrogen-bond donors (Lipinski definition) is 2. The summed E-state index contributed by atoms with van der Waals surface area (Å²) in [6.45, 7) is 3.78. The Bertz CT molecular complexity index is 1310. The molecule has 2 aromatic carbocycles. The quantitative estimate of drug-likeness (QED) is 0.509. The van der Waals surface area contributed by atoms with Gasteiger partial charge in [-0.2, -0.15) is 13.2 Å². The lowest BCUT2D eigenvalue weighted by Gasteiger charge is -2.42. The number of rotatable bonds is 7. The Hall–Kier alpha value is -3.64. The lowest BCUT2D eigenvalue weighted by atomic mass is 9.94. The van der Waals surface area contributed by atoms with Gasteiger partial charge < -0.3 is 29.9 Å². The number of carbonyl (C=O) groups is 3. The SMILES string of the molecule is CN1C(=O)c2cc(NC(=O)c3cccc(C(F)(F)F)c3)ccc2OC[C@H]2O[C@@H](CC(=O)NCCN3CCCC3)CC[C@H]21. The van der Waals surface area contributed by atoms with Crippen molar-refractivity contribution in [1.82, 2.24) is 15.1 Å². The topological polar surface area (TPSA) is 100 Å².